The average molecular weight is 206 g/mol. The Labute approximate surface area is 80.4 Å². The number of hydrogen-bond acceptors (Lipinski definition) is 3. The number of unbranched alkanes of at least 4 members (excludes halogenated alkanes) is 2. The number of hydrogen-bond donors (Lipinski definition) is 0. The molecule has 1 heterocycles. The van der Waals surface area contributed by atoms with Gasteiger partial charge in [-0.2, -0.15) is 0 Å². The number of sulfone groups is 1. The second-order valence-corrected chi connectivity index (χ2v) is 5.83. The first-order chi connectivity index (χ1) is 6.14. The molecule has 0 spiro atoms. The van der Waals surface area contributed by atoms with Crippen LogP contribution in [-0.4, -0.2) is 32.6 Å². The van der Waals surface area contributed by atoms with E-state index in [1.165, 1.54) is 12.8 Å². The van der Waals surface area contributed by atoms with Crippen LogP contribution < -0.4 is 0 Å². The highest BCUT2D eigenvalue weighted by Crippen LogP contribution is 2.15. The van der Waals surface area contributed by atoms with Gasteiger partial charge in [-0.15, -0.1) is 0 Å². The quantitative estimate of drug-likeness (QED) is 0.638. The summed E-state index contributed by atoms with van der Waals surface area (Å²) in [5.74, 6) is 0.546. The molecule has 13 heavy (non-hydrogen) atoms. The first-order valence-electron chi connectivity index (χ1n) is 4.96. The number of ether oxygens (including phenoxy) is 1. The molecule has 0 aromatic heterocycles. The lowest BCUT2D eigenvalue weighted by atomic mass is 10.2. The Bertz CT molecular complexity index is 233. The van der Waals surface area contributed by atoms with E-state index in [0.29, 0.717) is 18.8 Å². The zero-order chi connectivity index (χ0) is 9.73. The molecule has 0 N–H and O–H groups in total. The zero-order valence-corrected chi connectivity index (χ0v) is 8.98. The van der Waals surface area contributed by atoms with Crippen LogP contribution in [0, 0.1) is 0 Å². The van der Waals surface area contributed by atoms with Gasteiger partial charge in [-0.05, 0) is 12.8 Å². The van der Waals surface area contributed by atoms with Crippen molar-refractivity contribution in [2.45, 2.75) is 38.7 Å². The first-order valence-corrected chi connectivity index (χ1v) is 6.78. The van der Waals surface area contributed by atoms with Crippen molar-refractivity contribution < 1.29 is 13.2 Å². The molecule has 0 saturated carbocycles. The van der Waals surface area contributed by atoms with E-state index in [-0.39, 0.29) is 11.9 Å². The maximum absolute atomic E-state index is 11.0. The summed E-state index contributed by atoms with van der Waals surface area (Å²) >= 11 is 0. The highest BCUT2D eigenvalue weighted by Gasteiger charge is 2.27. The van der Waals surface area contributed by atoms with Crippen LogP contribution in [0.2, 0.25) is 0 Å². The summed E-state index contributed by atoms with van der Waals surface area (Å²) in [7, 11) is -2.76. The summed E-state index contributed by atoms with van der Waals surface area (Å²) in [4.78, 5) is 0. The Kier molecular flexibility index (Phi) is 4.19. The van der Waals surface area contributed by atoms with E-state index >= 15 is 0 Å². The Hall–Kier alpha value is -0.0900. The molecule has 78 valence electrons. The molecule has 0 aliphatic carbocycles. The monoisotopic (exact) mass is 206 g/mol. The van der Waals surface area contributed by atoms with Crippen molar-refractivity contribution in [3.8, 4) is 0 Å². The van der Waals surface area contributed by atoms with Crippen molar-refractivity contribution >= 4 is 9.84 Å². The lowest BCUT2D eigenvalue weighted by Gasteiger charge is -2.08. The summed E-state index contributed by atoms with van der Waals surface area (Å²) in [5, 5.41) is 0. The maximum atomic E-state index is 11.0. The van der Waals surface area contributed by atoms with Gasteiger partial charge in [0.25, 0.3) is 0 Å². The fourth-order valence-corrected chi connectivity index (χ4v) is 3.11. The van der Waals surface area contributed by atoms with Crippen LogP contribution in [-0.2, 0) is 14.6 Å². The molecule has 1 aliphatic heterocycles. The molecule has 0 radical (unpaired) electrons. The molecular weight excluding hydrogens is 188 g/mol. The van der Waals surface area contributed by atoms with Gasteiger partial charge in [0.05, 0.1) is 17.6 Å². The standard InChI is InChI=1S/C9H18O3S/c1-2-3-4-6-12-9-5-7-13(10,11)8-9/h9H,2-8H2,1H3/t9-/m1/s1. The molecule has 0 amide bonds. The second kappa shape index (κ2) is 4.96. The summed E-state index contributed by atoms with van der Waals surface area (Å²) in [6.07, 6.45) is 4.05. The van der Waals surface area contributed by atoms with E-state index in [4.69, 9.17) is 4.74 Å². The molecule has 1 rings (SSSR count). The third kappa shape index (κ3) is 4.09. The van der Waals surface area contributed by atoms with Gasteiger partial charge in [0.2, 0.25) is 0 Å². The number of rotatable bonds is 5. The second-order valence-electron chi connectivity index (χ2n) is 3.60. The minimum Gasteiger partial charge on any atom is -0.377 e. The molecule has 1 fully saturated rings. The molecule has 1 saturated heterocycles. The van der Waals surface area contributed by atoms with Crippen molar-refractivity contribution in [2.24, 2.45) is 0 Å². The van der Waals surface area contributed by atoms with Crippen LogP contribution in [0.5, 0.6) is 0 Å². The predicted molar refractivity (Wildman–Crippen MR) is 52.5 cm³/mol. The SMILES string of the molecule is CCCCCO[C@@H]1CCS(=O)(=O)C1. The van der Waals surface area contributed by atoms with Gasteiger partial charge in [-0.3, -0.25) is 0 Å². The minimum absolute atomic E-state index is 0.0261. The van der Waals surface area contributed by atoms with E-state index in [2.05, 4.69) is 6.92 Å². The molecule has 0 unspecified atom stereocenters. The summed E-state index contributed by atoms with van der Waals surface area (Å²) < 4.78 is 27.6. The Morgan fingerprint density at radius 1 is 1.38 bits per heavy atom. The Morgan fingerprint density at radius 3 is 2.69 bits per heavy atom. The molecule has 3 nitrogen and oxygen atoms in total. The highest BCUT2D eigenvalue weighted by atomic mass is 32.2. The third-order valence-corrected chi connectivity index (χ3v) is 4.03. The van der Waals surface area contributed by atoms with E-state index < -0.39 is 9.84 Å². The Morgan fingerprint density at radius 2 is 2.15 bits per heavy atom. The normalized spacial score (nSPS) is 26.4. The molecule has 0 aromatic rings. The van der Waals surface area contributed by atoms with Gasteiger partial charge in [0, 0.05) is 6.61 Å². The summed E-state index contributed by atoms with van der Waals surface area (Å²) in [5.41, 5.74) is 0. The first kappa shape index (κ1) is 11.0. The lowest BCUT2D eigenvalue weighted by Crippen LogP contribution is -2.15. The van der Waals surface area contributed by atoms with Crippen LogP contribution in [0.25, 0.3) is 0 Å². The van der Waals surface area contributed by atoms with Gasteiger partial charge in [-0.25, -0.2) is 8.42 Å². The van der Waals surface area contributed by atoms with Gasteiger partial charge >= 0.3 is 0 Å². The molecule has 0 bridgehead atoms. The van der Waals surface area contributed by atoms with Crippen molar-refractivity contribution in [3.05, 3.63) is 0 Å². The molecule has 1 atom stereocenters. The summed E-state index contributed by atoms with van der Waals surface area (Å²) in [6.45, 7) is 2.86. The van der Waals surface area contributed by atoms with E-state index in [9.17, 15) is 8.42 Å². The largest absolute Gasteiger partial charge is 0.377 e. The fourth-order valence-electron chi connectivity index (χ4n) is 1.49. The van der Waals surface area contributed by atoms with Crippen molar-refractivity contribution in [1.82, 2.24) is 0 Å². The highest BCUT2D eigenvalue weighted by molar-refractivity contribution is 7.91. The van der Waals surface area contributed by atoms with E-state index in [0.717, 1.165) is 6.42 Å². The molecule has 4 heteroatoms. The van der Waals surface area contributed by atoms with Crippen LogP contribution in [0.15, 0.2) is 0 Å². The third-order valence-electron chi connectivity index (χ3n) is 2.29. The Balaban J connectivity index is 2.11. The summed E-state index contributed by atoms with van der Waals surface area (Å²) in [6, 6.07) is 0. The van der Waals surface area contributed by atoms with Crippen LogP contribution in [0.1, 0.15) is 32.6 Å². The molecular formula is C9H18O3S. The predicted octanol–water partition coefficient (Wildman–Crippen LogP) is 1.38. The van der Waals surface area contributed by atoms with Gasteiger partial charge in [0.1, 0.15) is 0 Å². The van der Waals surface area contributed by atoms with Crippen molar-refractivity contribution in [2.75, 3.05) is 18.1 Å². The fraction of sp³-hybridized carbons (Fsp3) is 1.00. The van der Waals surface area contributed by atoms with Crippen LogP contribution in [0.3, 0.4) is 0 Å². The molecule has 1 aliphatic rings. The van der Waals surface area contributed by atoms with Crippen LogP contribution >= 0.6 is 0 Å². The molecule has 0 aromatic carbocycles. The van der Waals surface area contributed by atoms with Gasteiger partial charge in [0.15, 0.2) is 9.84 Å². The zero-order valence-electron chi connectivity index (χ0n) is 8.16. The topological polar surface area (TPSA) is 43.4 Å². The average Bonchev–Trinajstić information content (AvgIpc) is 2.40. The van der Waals surface area contributed by atoms with E-state index in [1.807, 2.05) is 0 Å². The minimum atomic E-state index is -2.76. The lowest BCUT2D eigenvalue weighted by molar-refractivity contribution is 0.0682. The smallest absolute Gasteiger partial charge is 0.152 e. The van der Waals surface area contributed by atoms with Crippen molar-refractivity contribution in [3.63, 3.8) is 0 Å². The van der Waals surface area contributed by atoms with E-state index in [1.54, 1.807) is 0 Å². The van der Waals surface area contributed by atoms with Gasteiger partial charge < -0.3 is 4.74 Å². The van der Waals surface area contributed by atoms with Gasteiger partial charge in [-0.1, -0.05) is 19.8 Å². The maximum Gasteiger partial charge on any atom is 0.152 e. The van der Waals surface area contributed by atoms with Crippen LogP contribution in [0.4, 0.5) is 0 Å². The van der Waals surface area contributed by atoms with Crippen molar-refractivity contribution in [1.29, 1.82) is 0 Å².